The molecule has 0 atom stereocenters. The number of nitro groups is 1. The molecule has 1 aliphatic rings. The highest BCUT2D eigenvalue weighted by Crippen LogP contribution is 2.37. The van der Waals surface area contributed by atoms with Crippen LogP contribution in [0.2, 0.25) is 0 Å². The largest absolute Gasteiger partial charge is 0.392 e. The molecule has 1 N–H and O–H groups in total. The van der Waals surface area contributed by atoms with E-state index in [2.05, 4.69) is 0 Å². The third kappa shape index (κ3) is 1.87. The Morgan fingerprint density at radius 1 is 1.00 bits per heavy atom. The van der Waals surface area contributed by atoms with Crippen LogP contribution in [0, 0.1) is 10.1 Å². The molecule has 0 unspecified atom stereocenters. The first-order valence-electron chi connectivity index (χ1n) is 6.41. The lowest BCUT2D eigenvalue weighted by Crippen LogP contribution is -2.31. The van der Waals surface area contributed by atoms with E-state index in [0.29, 0.717) is 0 Å². The molecule has 2 amide bonds. The van der Waals surface area contributed by atoms with Gasteiger partial charge in [0.25, 0.3) is 17.5 Å². The standard InChI is InChI=1S/C15H10N2O5/c18-8-9-4-3-7-12(17(21)22)13(9)16-14(19)10-5-1-2-6-11(10)15(16)20/h1-7,18H,8H2. The molecule has 0 aliphatic carbocycles. The number of para-hydroxylation sites is 1. The number of anilines is 1. The summed E-state index contributed by atoms with van der Waals surface area (Å²) >= 11 is 0. The predicted octanol–water partition coefficient (Wildman–Crippen LogP) is 1.89. The number of aliphatic hydroxyl groups is 1. The van der Waals surface area contributed by atoms with Crippen molar-refractivity contribution in [2.75, 3.05) is 4.90 Å². The Balaban J connectivity index is 2.24. The number of nitrogens with zero attached hydrogens (tertiary/aromatic N) is 2. The van der Waals surface area contributed by atoms with E-state index in [9.17, 15) is 24.8 Å². The van der Waals surface area contributed by atoms with Gasteiger partial charge < -0.3 is 5.11 Å². The molecule has 7 heteroatoms. The van der Waals surface area contributed by atoms with Gasteiger partial charge in [-0.25, -0.2) is 4.90 Å². The van der Waals surface area contributed by atoms with Gasteiger partial charge in [-0.05, 0) is 12.1 Å². The molecule has 0 radical (unpaired) electrons. The summed E-state index contributed by atoms with van der Waals surface area (Å²) in [5, 5.41) is 20.6. The fourth-order valence-electron chi connectivity index (χ4n) is 2.50. The average molecular weight is 298 g/mol. The normalized spacial score (nSPS) is 13.4. The SMILES string of the molecule is O=C1c2ccccc2C(=O)N1c1c(CO)cccc1[N+](=O)[O-]. The fraction of sp³-hybridized carbons (Fsp3) is 0.0667. The van der Waals surface area contributed by atoms with Crippen molar-refractivity contribution in [2.24, 2.45) is 0 Å². The van der Waals surface area contributed by atoms with Crippen molar-refractivity contribution in [3.8, 4) is 0 Å². The Hall–Kier alpha value is -3.06. The number of amides is 2. The molecule has 0 bridgehead atoms. The van der Waals surface area contributed by atoms with Crippen molar-refractivity contribution in [3.05, 3.63) is 69.3 Å². The van der Waals surface area contributed by atoms with Crippen LogP contribution in [0.4, 0.5) is 11.4 Å². The minimum absolute atomic E-state index is 0.142. The van der Waals surface area contributed by atoms with Crippen LogP contribution in [0.3, 0.4) is 0 Å². The van der Waals surface area contributed by atoms with Crippen LogP contribution in [0.25, 0.3) is 0 Å². The molecular weight excluding hydrogens is 288 g/mol. The maximum atomic E-state index is 12.5. The number of imide groups is 1. The van der Waals surface area contributed by atoms with Crippen molar-refractivity contribution in [1.29, 1.82) is 0 Å². The lowest BCUT2D eigenvalue weighted by Gasteiger charge is -2.17. The molecule has 2 aromatic carbocycles. The van der Waals surface area contributed by atoms with E-state index >= 15 is 0 Å². The van der Waals surface area contributed by atoms with Crippen LogP contribution in [-0.2, 0) is 6.61 Å². The molecule has 7 nitrogen and oxygen atoms in total. The van der Waals surface area contributed by atoms with Crippen molar-refractivity contribution in [2.45, 2.75) is 6.61 Å². The lowest BCUT2D eigenvalue weighted by atomic mass is 10.1. The number of nitro benzene ring substituents is 1. The molecule has 0 spiro atoms. The second kappa shape index (κ2) is 5.05. The Kier molecular flexibility index (Phi) is 3.19. The first-order valence-corrected chi connectivity index (χ1v) is 6.41. The van der Waals surface area contributed by atoms with Gasteiger partial charge in [-0.2, -0.15) is 0 Å². The van der Waals surface area contributed by atoms with Gasteiger partial charge in [-0.3, -0.25) is 19.7 Å². The third-order valence-corrected chi connectivity index (χ3v) is 3.48. The zero-order valence-electron chi connectivity index (χ0n) is 11.2. The molecule has 0 aromatic heterocycles. The summed E-state index contributed by atoms with van der Waals surface area (Å²) in [4.78, 5) is 36.2. The lowest BCUT2D eigenvalue weighted by molar-refractivity contribution is -0.384. The van der Waals surface area contributed by atoms with Crippen LogP contribution < -0.4 is 4.90 Å². The maximum absolute atomic E-state index is 12.5. The summed E-state index contributed by atoms with van der Waals surface area (Å²) in [6, 6.07) is 10.2. The second-order valence-corrected chi connectivity index (χ2v) is 4.69. The van der Waals surface area contributed by atoms with E-state index in [4.69, 9.17) is 0 Å². The smallest absolute Gasteiger partial charge is 0.293 e. The number of hydrogen-bond donors (Lipinski definition) is 1. The molecule has 0 saturated carbocycles. The second-order valence-electron chi connectivity index (χ2n) is 4.69. The Bertz CT molecular complexity index is 780. The zero-order valence-corrected chi connectivity index (χ0v) is 11.2. The highest BCUT2D eigenvalue weighted by molar-refractivity contribution is 6.35. The minimum atomic E-state index is -0.683. The van der Waals surface area contributed by atoms with Crippen LogP contribution >= 0.6 is 0 Å². The first-order chi connectivity index (χ1) is 10.6. The van der Waals surface area contributed by atoms with E-state index in [1.807, 2.05) is 0 Å². The highest BCUT2D eigenvalue weighted by atomic mass is 16.6. The van der Waals surface area contributed by atoms with Gasteiger partial charge in [0.15, 0.2) is 0 Å². The monoisotopic (exact) mass is 298 g/mol. The van der Waals surface area contributed by atoms with Gasteiger partial charge in [0.2, 0.25) is 0 Å². The summed E-state index contributed by atoms with van der Waals surface area (Å²) in [7, 11) is 0. The Morgan fingerprint density at radius 2 is 1.59 bits per heavy atom. The molecule has 0 fully saturated rings. The number of fused-ring (bicyclic) bond motifs is 1. The summed E-state index contributed by atoms with van der Waals surface area (Å²) in [6.07, 6.45) is 0. The van der Waals surface area contributed by atoms with E-state index in [0.717, 1.165) is 4.90 Å². The average Bonchev–Trinajstić information content (AvgIpc) is 2.78. The van der Waals surface area contributed by atoms with Crippen LogP contribution in [0.5, 0.6) is 0 Å². The van der Waals surface area contributed by atoms with Crippen LogP contribution in [0.15, 0.2) is 42.5 Å². The number of aliphatic hydroxyl groups excluding tert-OH is 1. The Morgan fingerprint density at radius 3 is 2.09 bits per heavy atom. The van der Waals surface area contributed by atoms with Crippen LogP contribution in [0.1, 0.15) is 26.3 Å². The van der Waals surface area contributed by atoms with Gasteiger partial charge in [-0.1, -0.05) is 24.3 Å². The molecule has 22 heavy (non-hydrogen) atoms. The molecule has 3 rings (SSSR count). The number of rotatable bonds is 3. The highest BCUT2D eigenvalue weighted by Gasteiger charge is 2.40. The molecule has 110 valence electrons. The predicted molar refractivity (Wildman–Crippen MR) is 76.6 cm³/mol. The van der Waals surface area contributed by atoms with Gasteiger partial charge in [-0.15, -0.1) is 0 Å². The molecule has 2 aromatic rings. The summed E-state index contributed by atoms with van der Waals surface area (Å²) in [5.41, 5.74) is -0.0601. The molecular formula is C15H10N2O5. The number of benzene rings is 2. The number of hydrogen-bond acceptors (Lipinski definition) is 5. The van der Waals surface area contributed by atoms with Crippen LogP contribution in [-0.4, -0.2) is 21.8 Å². The zero-order chi connectivity index (χ0) is 15.9. The quantitative estimate of drug-likeness (QED) is 0.529. The first kappa shape index (κ1) is 13.9. The van der Waals surface area contributed by atoms with E-state index in [-0.39, 0.29) is 22.4 Å². The summed E-state index contributed by atoms with van der Waals surface area (Å²) < 4.78 is 0. The molecule has 1 aliphatic heterocycles. The Labute approximate surface area is 124 Å². The van der Waals surface area contributed by atoms with Crippen molar-refractivity contribution in [1.82, 2.24) is 0 Å². The number of carbonyl (C=O) groups is 2. The summed E-state index contributed by atoms with van der Waals surface area (Å²) in [5.74, 6) is -1.27. The molecule has 0 saturated heterocycles. The van der Waals surface area contributed by atoms with E-state index in [1.54, 1.807) is 12.1 Å². The van der Waals surface area contributed by atoms with Gasteiger partial charge in [0.1, 0.15) is 5.69 Å². The van der Waals surface area contributed by atoms with Gasteiger partial charge in [0, 0.05) is 11.6 Å². The maximum Gasteiger partial charge on any atom is 0.293 e. The minimum Gasteiger partial charge on any atom is -0.392 e. The van der Waals surface area contributed by atoms with E-state index < -0.39 is 29.0 Å². The third-order valence-electron chi connectivity index (χ3n) is 3.48. The van der Waals surface area contributed by atoms with Crippen molar-refractivity contribution in [3.63, 3.8) is 0 Å². The molecule has 1 heterocycles. The van der Waals surface area contributed by atoms with Gasteiger partial charge >= 0.3 is 0 Å². The van der Waals surface area contributed by atoms with E-state index in [1.165, 1.54) is 30.3 Å². The fourth-order valence-corrected chi connectivity index (χ4v) is 2.50. The van der Waals surface area contributed by atoms with Crippen molar-refractivity contribution >= 4 is 23.2 Å². The topological polar surface area (TPSA) is 101 Å². The van der Waals surface area contributed by atoms with Gasteiger partial charge in [0.05, 0.1) is 22.7 Å². The summed E-state index contributed by atoms with van der Waals surface area (Å²) in [6.45, 7) is -0.523. The van der Waals surface area contributed by atoms with Crippen molar-refractivity contribution < 1.29 is 19.6 Å². The number of carbonyl (C=O) groups excluding carboxylic acids is 2.